The number of aromatic nitrogens is 2. The highest BCUT2D eigenvalue weighted by Gasteiger charge is 2.17. The summed E-state index contributed by atoms with van der Waals surface area (Å²) < 4.78 is 0. The number of rotatable bonds is 8. The van der Waals surface area contributed by atoms with Gasteiger partial charge in [0.2, 0.25) is 0 Å². The van der Waals surface area contributed by atoms with E-state index in [1.54, 1.807) is 6.33 Å². The van der Waals surface area contributed by atoms with Crippen molar-refractivity contribution in [2.75, 3.05) is 23.3 Å². The first-order valence-electron chi connectivity index (χ1n) is 7.49. The summed E-state index contributed by atoms with van der Waals surface area (Å²) in [5, 5.41) is 3.43. The second-order valence-electron chi connectivity index (χ2n) is 5.08. The Morgan fingerprint density at radius 2 is 1.89 bits per heavy atom. The molecule has 19 heavy (non-hydrogen) atoms. The summed E-state index contributed by atoms with van der Waals surface area (Å²) in [6.45, 7) is 12.9. The van der Waals surface area contributed by atoms with E-state index in [1.165, 1.54) is 5.56 Å². The predicted molar refractivity (Wildman–Crippen MR) is 83.0 cm³/mol. The van der Waals surface area contributed by atoms with Crippen LogP contribution < -0.4 is 10.2 Å². The van der Waals surface area contributed by atoms with E-state index in [0.717, 1.165) is 44.0 Å². The molecule has 1 heterocycles. The lowest BCUT2D eigenvalue weighted by Gasteiger charge is -2.29. The van der Waals surface area contributed by atoms with Gasteiger partial charge < -0.3 is 10.2 Å². The number of hydrogen-bond donors (Lipinski definition) is 1. The fourth-order valence-electron chi connectivity index (χ4n) is 2.29. The van der Waals surface area contributed by atoms with E-state index in [1.807, 2.05) is 0 Å². The second kappa shape index (κ2) is 7.97. The minimum absolute atomic E-state index is 0.453. The van der Waals surface area contributed by atoms with Gasteiger partial charge in [-0.05, 0) is 33.6 Å². The summed E-state index contributed by atoms with van der Waals surface area (Å²) in [5.74, 6) is 2.10. The van der Waals surface area contributed by atoms with E-state index >= 15 is 0 Å². The zero-order chi connectivity index (χ0) is 14.3. The van der Waals surface area contributed by atoms with Gasteiger partial charge in [-0.15, -0.1) is 0 Å². The lowest BCUT2D eigenvalue weighted by atomic mass is 10.1. The maximum absolute atomic E-state index is 4.53. The predicted octanol–water partition coefficient (Wildman–Crippen LogP) is 3.49. The largest absolute Gasteiger partial charge is 0.370 e. The number of anilines is 2. The minimum Gasteiger partial charge on any atom is -0.370 e. The first kappa shape index (κ1) is 15.7. The first-order chi connectivity index (χ1) is 9.15. The summed E-state index contributed by atoms with van der Waals surface area (Å²) in [6.07, 6.45) is 4.91. The van der Waals surface area contributed by atoms with Crippen molar-refractivity contribution in [3.05, 3.63) is 11.9 Å². The third-order valence-corrected chi connectivity index (χ3v) is 3.20. The second-order valence-corrected chi connectivity index (χ2v) is 5.08. The van der Waals surface area contributed by atoms with Gasteiger partial charge in [0.25, 0.3) is 0 Å². The van der Waals surface area contributed by atoms with Crippen molar-refractivity contribution < 1.29 is 0 Å². The third kappa shape index (κ3) is 4.08. The molecule has 0 amide bonds. The highest BCUT2D eigenvalue weighted by atomic mass is 15.2. The molecular formula is C15H28N4. The zero-order valence-corrected chi connectivity index (χ0v) is 13.0. The maximum Gasteiger partial charge on any atom is 0.137 e. The van der Waals surface area contributed by atoms with Crippen LogP contribution in [0.15, 0.2) is 6.33 Å². The Balaban J connectivity index is 3.14. The SMILES string of the molecule is CCCNc1ncnc(N(CC)C(C)C)c1CCC. The molecule has 0 aliphatic heterocycles. The van der Waals surface area contributed by atoms with Crippen LogP contribution in [0, 0.1) is 0 Å². The normalized spacial score (nSPS) is 10.8. The molecule has 0 bridgehead atoms. The molecule has 0 aromatic carbocycles. The third-order valence-electron chi connectivity index (χ3n) is 3.20. The molecule has 1 N–H and O–H groups in total. The van der Waals surface area contributed by atoms with E-state index in [9.17, 15) is 0 Å². The Morgan fingerprint density at radius 3 is 2.42 bits per heavy atom. The van der Waals surface area contributed by atoms with Crippen LogP contribution in [0.4, 0.5) is 11.6 Å². The molecule has 0 atom stereocenters. The Labute approximate surface area is 117 Å². The fraction of sp³-hybridized carbons (Fsp3) is 0.733. The number of nitrogens with one attached hydrogen (secondary N) is 1. The van der Waals surface area contributed by atoms with Crippen molar-refractivity contribution in [1.82, 2.24) is 9.97 Å². The molecule has 0 unspecified atom stereocenters. The summed E-state index contributed by atoms with van der Waals surface area (Å²) in [7, 11) is 0. The Morgan fingerprint density at radius 1 is 1.16 bits per heavy atom. The van der Waals surface area contributed by atoms with Crippen LogP contribution in [0.1, 0.15) is 53.0 Å². The molecule has 0 radical (unpaired) electrons. The van der Waals surface area contributed by atoms with Crippen molar-refractivity contribution >= 4 is 11.6 Å². The maximum atomic E-state index is 4.53. The highest BCUT2D eigenvalue weighted by Crippen LogP contribution is 2.26. The summed E-state index contributed by atoms with van der Waals surface area (Å²) >= 11 is 0. The molecule has 1 aromatic rings. The van der Waals surface area contributed by atoms with Gasteiger partial charge in [-0.1, -0.05) is 20.3 Å². The van der Waals surface area contributed by atoms with Crippen LogP contribution in [-0.2, 0) is 6.42 Å². The van der Waals surface area contributed by atoms with Gasteiger partial charge in [0, 0.05) is 24.7 Å². The van der Waals surface area contributed by atoms with Gasteiger partial charge in [-0.25, -0.2) is 9.97 Å². The van der Waals surface area contributed by atoms with E-state index < -0.39 is 0 Å². The molecule has 4 heteroatoms. The average molecular weight is 264 g/mol. The Kier molecular flexibility index (Phi) is 6.60. The van der Waals surface area contributed by atoms with Gasteiger partial charge in [-0.2, -0.15) is 0 Å². The molecule has 0 spiro atoms. The van der Waals surface area contributed by atoms with Crippen LogP contribution >= 0.6 is 0 Å². The average Bonchev–Trinajstić information content (AvgIpc) is 2.39. The van der Waals surface area contributed by atoms with E-state index in [0.29, 0.717) is 6.04 Å². The lowest BCUT2D eigenvalue weighted by molar-refractivity contribution is 0.684. The monoisotopic (exact) mass is 264 g/mol. The molecule has 1 rings (SSSR count). The van der Waals surface area contributed by atoms with Crippen molar-refractivity contribution in [2.45, 2.75) is 59.9 Å². The topological polar surface area (TPSA) is 41.1 Å². The number of nitrogens with zero attached hydrogens (tertiary/aromatic N) is 3. The standard InChI is InChI=1S/C15H28N4/c1-6-9-13-14(16-10-7-2)17-11-18-15(13)19(8-3)12(4)5/h11-12H,6-10H2,1-5H3,(H,16,17,18). The number of hydrogen-bond acceptors (Lipinski definition) is 4. The van der Waals surface area contributed by atoms with Crippen LogP contribution in [0.2, 0.25) is 0 Å². The molecule has 0 aliphatic carbocycles. The van der Waals surface area contributed by atoms with Crippen molar-refractivity contribution in [3.8, 4) is 0 Å². The van der Waals surface area contributed by atoms with Gasteiger partial charge in [0.05, 0.1) is 0 Å². The van der Waals surface area contributed by atoms with E-state index in [2.05, 4.69) is 54.8 Å². The van der Waals surface area contributed by atoms with Crippen molar-refractivity contribution in [1.29, 1.82) is 0 Å². The van der Waals surface area contributed by atoms with Gasteiger partial charge in [0.1, 0.15) is 18.0 Å². The van der Waals surface area contributed by atoms with Crippen LogP contribution in [0.25, 0.3) is 0 Å². The molecule has 1 aromatic heterocycles. The van der Waals surface area contributed by atoms with E-state index in [4.69, 9.17) is 0 Å². The molecule has 108 valence electrons. The summed E-state index contributed by atoms with van der Waals surface area (Å²) in [5.41, 5.74) is 1.26. The summed E-state index contributed by atoms with van der Waals surface area (Å²) in [4.78, 5) is 11.3. The van der Waals surface area contributed by atoms with Crippen molar-refractivity contribution in [2.24, 2.45) is 0 Å². The van der Waals surface area contributed by atoms with Crippen LogP contribution in [0.5, 0.6) is 0 Å². The Bertz CT molecular complexity index is 376. The quantitative estimate of drug-likeness (QED) is 0.780. The molecular weight excluding hydrogens is 236 g/mol. The smallest absolute Gasteiger partial charge is 0.137 e. The molecule has 0 saturated carbocycles. The molecule has 0 aliphatic rings. The Hall–Kier alpha value is -1.32. The lowest BCUT2D eigenvalue weighted by Crippen LogP contribution is -2.32. The van der Waals surface area contributed by atoms with Crippen LogP contribution in [0.3, 0.4) is 0 Å². The zero-order valence-electron chi connectivity index (χ0n) is 13.0. The summed E-state index contributed by atoms with van der Waals surface area (Å²) in [6, 6.07) is 0.453. The van der Waals surface area contributed by atoms with Crippen LogP contribution in [-0.4, -0.2) is 29.1 Å². The van der Waals surface area contributed by atoms with Gasteiger partial charge >= 0.3 is 0 Å². The fourth-order valence-corrected chi connectivity index (χ4v) is 2.29. The van der Waals surface area contributed by atoms with Gasteiger partial charge in [0.15, 0.2) is 0 Å². The van der Waals surface area contributed by atoms with E-state index in [-0.39, 0.29) is 0 Å². The molecule has 4 nitrogen and oxygen atoms in total. The molecule has 0 saturated heterocycles. The van der Waals surface area contributed by atoms with Gasteiger partial charge in [-0.3, -0.25) is 0 Å². The van der Waals surface area contributed by atoms with Crippen molar-refractivity contribution in [3.63, 3.8) is 0 Å². The minimum atomic E-state index is 0.453. The highest BCUT2D eigenvalue weighted by molar-refractivity contribution is 5.59. The first-order valence-corrected chi connectivity index (χ1v) is 7.49. The molecule has 0 fully saturated rings.